The first kappa shape index (κ1) is 13.9. The van der Waals surface area contributed by atoms with Gasteiger partial charge in [-0.3, -0.25) is 4.79 Å². The quantitative estimate of drug-likeness (QED) is 0.239. The number of halogens is 3. The maximum absolute atomic E-state index is 12.5. The smallest absolute Gasteiger partial charge is 0.204 e. The first-order valence-electron chi connectivity index (χ1n) is 5.23. The third-order valence-corrected chi connectivity index (χ3v) is 8.05. The summed E-state index contributed by atoms with van der Waals surface area (Å²) >= 11 is 6.32. The number of hydrogen-bond donors (Lipinski definition) is 1. The zero-order valence-electron chi connectivity index (χ0n) is 9.21. The van der Waals surface area contributed by atoms with Crippen LogP contribution < -0.4 is 5.43 Å². The largest absolute Gasteiger partial charge is 0.506 e. The van der Waals surface area contributed by atoms with Crippen LogP contribution in [0.4, 0.5) is 0 Å². The Balaban J connectivity index is 2.71. The minimum atomic E-state index is -0.193. The van der Waals surface area contributed by atoms with E-state index in [2.05, 4.69) is 45.2 Å². The minimum absolute atomic E-state index is 0.0000749. The van der Waals surface area contributed by atoms with Crippen molar-refractivity contribution in [1.82, 2.24) is 0 Å². The second-order valence-corrected chi connectivity index (χ2v) is 7.16. The number of phenols is 1. The number of rotatable bonds is 0. The lowest BCUT2D eigenvalue weighted by Crippen LogP contribution is -2.05. The van der Waals surface area contributed by atoms with Crippen LogP contribution in [0.25, 0.3) is 21.9 Å². The molecular formula is C13H5I3O3. The molecule has 0 unspecified atom stereocenters. The maximum Gasteiger partial charge on any atom is 0.204 e. The molecule has 1 aromatic heterocycles. The van der Waals surface area contributed by atoms with E-state index in [0.717, 1.165) is 7.14 Å². The Morgan fingerprint density at radius 1 is 1.00 bits per heavy atom. The number of phenolic OH excluding ortho intramolecular Hbond substituents is 1. The summed E-state index contributed by atoms with van der Waals surface area (Å²) in [6.45, 7) is 0. The fourth-order valence-corrected chi connectivity index (χ4v) is 4.13. The molecular weight excluding hydrogens is 585 g/mol. The summed E-state index contributed by atoms with van der Waals surface area (Å²) in [5.41, 5.74) is 0.794. The van der Waals surface area contributed by atoms with Crippen LogP contribution in [-0.2, 0) is 0 Å². The number of para-hydroxylation sites is 1. The van der Waals surface area contributed by atoms with Crippen LogP contribution in [0.15, 0.2) is 33.5 Å². The summed E-state index contributed by atoms with van der Waals surface area (Å²) in [4.78, 5) is 12.5. The number of aromatic hydroxyl groups is 1. The van der Waals surface area contributed by atoms with E-state index in [4.69, 9.17) is 4.42 Å². The zero-order valence-corrected chi connectivity index (χ0v) is 15.7. The topological polar surface area (TPSA) is 50.4 Å². The summed E-state index contributed by atoms with van der Waals surface area (Å²) < 4.78 is 8.21. The Morgan fingerprint density at radius 2 is 1.68 bits per heavy atom. The van der Waals surface area contributed by atoms with E-state index >= 15 is 0 Å². The average Bonchev–Trinajstić information content (AvgIpc) is 2.43. The summed E-state index contributed by atoms with van der Waals surface area (Å²) in [5, 5.41) is 11.0. The van der Waals surface area contributed by atoms with Gasteiger partial charge in [-0.1, -0.05) is 12.1 Å². The molecule has 0 saturated heterocycles. The number of hydrogen-bond acceptors (Lipinski definition) is 3. The van der Waals surface area contributed by atoms with Crippen LogP contribution in [-0.4, -0.2) is 5.11 Å². The normalized spacial score (nSPS) is 11.3. The van der Waals surface area contributed by atoms with Gasteiger partial charge in [0.1, 0.15) is 16.7 Å². The first-order valence-corrected chi connectivity index (χ1v) is 8.47. The molecule has 0 fully saturated rings. The average molecular weight is 590 g/mol. The molecule has 19 heavy (non-hydrogen) atoms. The lowest BCUT2D eigenvalue weighted by atomic mass is 10.1. The van der Waals surface area contributed by atoms with Gasteiger partial charge in [0.15, 0.2) is 5.58 Å². The Hall–Kier alpha value is -0.1000. The Labute approximate surface area is 148 Å². The monoisotopic (exact) mass is 590 g/mol. The molecule has 3 rings (SSSR count). The molecule has 0 amide bonds. The molecule has 0 aliphatic carbocycles. The first-order chi connectivity index (χ1) is 9.02. The molecule has 0 aliphatic rings. The maximum atomic E-state index is 12.5. The zero-order chi connectivity index (χ0) is 13.7. The standard InChI is InChI=1S/C13H5I3O3/c14-8-9(15)12(18)7-11(17)5-3-1-2-4-6(5)19-13(7)10(8)16/h1-4,18H. The van der Waals surface area contributed by atoms with Crippen molar-refractivity contribution in [3.05, 3.63) is 45.2 Å². The van der Waals surface area contributed by atoms with Crippen LogP contribution in [0.1, 0.15) is 0 Å². The number of fused-ring (bicyclic) bond motifs is 2. The molecule has 0 spiro atoms. The molecule has 0 radical (unpaired) electrons. The third-order valence-electron chi connectivity index (χ3n) is 2.83. The van der Waals surface area contributed by atoms with Crippen molar-refractivity contribution in [2.75, 3.05) is 0 Å². The van der Waals surface area contributed by atoms with E-state index in [1.165, 1.54) is 0 Å². The van der Waals surface area contributed by atoms with Gasteiger partial charge in [-0.05, 0) is 79.9 Å². The van der Waals surface area contributed by atoms with Gasteiger partial charge >= 0.3 is 0 Å². The highest BCUT2D eigenvalue weighted by Crippen LogP contribution is 2.37. The van der Waals surface area contributed by atoms with E-state index in [1.807, 2.05) is 28.7 Å². The molecule has 2 aromatic carbocycles. The Morgan fingerprint density at radius 3 is 2.42 bits per heavy atom. The van der Waals surface area contributed by atoms with Crippen molar-refractivity contribution < 1.29 is 9.52 Å². The van der Waals surface area contributed by atoms with E-state index < -0.39 is 0 Å². The molecule has 0 aliphatic heterocycles. The second-order valence-electron chi connectivity index (χ2n) is 3.92. The lowest BCUT2D eigenvalue weighted by Gasteiger charge is -2.09. The van der Waals surface area contributed by atoms with Gasteiger partial charge in [-0.25, -0.2) is 0 Å². The number of benzene rings is 2. The van der Waals surface area contributed by atoms with Crippen molar-refractivity contribution in [2.24, 2.45) is 0 Å². The predicted molar refractivity (Wildman–Crippen MR) is 99.8 cm³/mol. The molecule has 96 valence electrons. The van der Waals surface area contributed by atoms with Gasteiger partial charge in [-0.2, -0.15) is 0 Å². The molecule has 6 heteroatoms. The van der Waals surface area contributed by atoms with Crippen LogP contribution in [0, 0.1) is 10.7 Å². The second kappa shape index (κ2) is 5.02. The summed E-state index contributed by atoms with van der Waals surface area (Å²) in [6.07, 6.45) is 0. The Bertz CT molecular complexity index is 884. The van der Waals surface area contributed by atoms with Crippen molar-refractivity contribution in [3.63, 3.8) is 0 Å². The molecule has 0 bridgehead atoms. The van der Waals surface area contributed by atoms with E-state index in [-0.39, 0.29) is 16.6 Å². The van der Waals surface area contributed by atoms with Crippen molar-refractivity contribution in [2.45, 2.75) is 0 Å². The molecule has 0 atom stereocenters. The fraction of sp³-hybridized carbons (Fsp3) is 0. The van der Waals surface area contributed by atoms with Crippen LogP contribution in [0.2, 0.25) is 0 Å². The highest BCUT2D eigenvalue weighted by molar-refractivity contribution is 14.1. The van der Waals surface area contributed by atoms with Gasteiger partial charge in [0.25, 0.3) is 0 Å². The summed E-state index contributed by atoms with van der Waals surface area (Å²) in [7, 11) is 0. The molecule has 0 saturated carbocycles. The van der Waals surface area contributed by atoms with Crippen LogP contribution in [0.5, 0.6) is 5.75 Å². The van der Waals surface area contributed by atoms with Crippen molar-refractivity contribution >= 4 is 89.7 Å². The minimum Gasteiger partial charge on any atom is -0.506 e. The summed E-state index contributed by atoms with van der Waals surface area (Å²) in [5.74, 6) is -0.0000749. The lowest BCUT2D eigenvalue weighted by molar-refractivity contribution is 0.475. The molecule has 1 N–H and O–H groups in total. The fourth-order valence-electron chi connectivity index (χ4n) is 1.92. The summed E-state index contributed by atoms with van der Waals surface area (Å²) in [6, 6.07) is 7.07. The van der Waals surface area contributed by atoms with Gasteiger partial charge in [0, 0.05) is 3.57 Å². The molecule has 1 heterocycles. The predicted octanol–water partition coefficient (Wildman–Crippen LogP) is 4.47. The SMILES string of the molecule is O=c1c2ccccc2oc2c(I)c(I)c(I)c(O)c12. The van der Waals surface area contributed by atoms with Gasteiger partial charge in [0.2, 0.25) is 5.43 Å². The van der Waals surface area contributed by atoms with E-state index in [9.17, 15) is 9.90 Å². The molecule has 3 aromatic rings. The van der Waals surface area contributed by atoms with Crippen LogP contribution >= 0.6 is 67.8 Å². The van der Waals surface area contributed by atoms with Crippen molar-refractivity contribution in [3.8, 4) is 5.75 Å². The highest BCUT2D eigenvalue weighted by Gasteiger charge is 2.20. The van der Waals surface area contributed by atoms with Crippen molar-refractivity contribution in [1.29, 1.82) is 0 Å². The van der Waals surface area contributed by atoms with Gasteiger partial charge in [-0.15, -0.1) is 0 Å². The molecule has 3 nitrogen and oxygen atoms in total. The van der Waals surface area contributed by atoms with Crippen LogP contribution in [0.3, 0.4) is 0 Å². The van der Waals surface area contributed by atoms with Gasteiger partial charge < -0.3 is 9.52 Å². The Kier molecular flexibility index (Phi) is 3.67. The van der Waals surface area contributed by atoms with E-state index in [0.29, 0.717) is 20.1 Å². The van der Waals surface area contributed by atoms with Gasteiger partial charge in [0.05, 0.1) is 12.5 Å². The highest BCUT2D eigenvalue weighted by atomic mass is 127. The third kappa shape index (κ3) is 2.06. The van der Waals surface area contributed by atoms with E-state index in [1.54, 1.807) is 18.2 Å².